The molecule has 24 aromatic carbocycles. The summed E-state index contributed by atoms with van der Waals surface area (Å²) in [4.78, 5) is 27.6. The summed E-state index contributed by atoms with van der Waals surface area (Å²) in [6.45, 7) is 0. The smallest absolute Gasteiger partial charge is 0.0346 e. The van der Waals surface area contributed by atoms with Gasteiger partial charge in [-0.25, -0.2) is 0 Å². The second kappa shape index (κ2) is 30.8. The summed E-state index contributed by atoms with van der Waals surface area (Å²) in [7, 11) is 0. The molecule has 0 saturated heterocycles. The van der Waals surface area contributed by atoms with Crippen LogP contribution in [0.1, 0.15) is 0 Å². The van der Waals surface area contributed by atoms with E-state index in [-0.39, 0.29) is 0 Å². The Morgan fingerprint density at radius 3 is 0.513 bits per heavy atom. The summed E-state index contributed by atoms with van der Waals surface area (Å²) in [5.41, 5.74) is 45.4. The SMILES string of the molecule is c1cncc(-c2c3c(cc4c2ccc2c5cc6c(c(-c7cccnc7)c5ccc42)-c2cccc4cccc-6c24)-c2cccc4cccc-3c24)c1.c1cncc(-c2cc3c4cc5c(c(-c6cccnc6)c4ccc3c3cc4c(cc23)-c2cccc3cccc-4c23)-c2cccc3cccc-5c23)c1.c1cncc(-c2cc3c4cc5c(cc4c(-c4cccnc4)cc3c3cc4c(cc23)-c2cccc3cccc-4c23)-c2cccc3cccc-5c23)c1. The lowest BCUT2D eigenvalue weighted by Gasteiger charge is -2.19. The highest BCUT2D eigenvalue weighted by molar-refractivity contribution is 6.36. The zero-order valence-electron chi connectivity index (χ0n) is 80.7. The molecule has 0 bridgehead atoms. The third kappa shape index (κ3) is 11.3. The summed E-state index contributed by atoms with van der Waals surface area (Å²) in [5, 5.41) is 38.3. The number of pyridine rings is 6. The minimum absolute atomic E-state index is 1.12. The summed E-state index contributed by atoms with van der Waals surface area (Å²) in [6, 6.07) is 149. The first-order valence-corrected chi connectivity index (χ1v) is 51.7. The fourth-order valence-corrected chi connectivity index (χ4v) is 27.7. The van der Waals surface area contributed by atoms with Gasteiger partial charge in [-0.2, -0.15) is 0 Å². The van der Waals surface area contributed by atoms with Crippen molar-refractivity contribution in [1.82, 2.24) is 29.9 Å². The first-order valence-electron chi connectivity index (χ1n) is 51.7. The minimum atomic E-state index is 1.12. The molecule has 0 aliphatic heterocycles. The van der Waals surface area contributed by atoms with Crippen LogP contribution < -0.4 is 0 Å². The molecule has 684 valence electrons. The van der Waals surface area contributed by atoms with Gasteiger partial charge in [-0.1, -0.05) is 291 Å². The quantitative estimate of drug-likeness (QED) is 0.154. The van der Waals surface area contributed by atoms with Gasteiger partial charge in [0.1, 0.15) is 0 Å². The van der Waals surface area contributed by atoms with Gasteiger partial charge in [0.25, 0.3) is 0 Å². The second-order valence-electron chi connectivity index (χ2n) is 41.1. The van der Waals surface area contributed by atoms with E-state index in [1.54, 1.807) is 0 Å². The van der Waals surface area contributed by atoms with Gasteiger partial charge in [0.2, 0.25) is 0 Å². The van der Waals surface area contributed by atoms with Gasteiger partial charge in [-0.05, 0) is 438 Å². The van der Waals surface area contributed by atoms with E-state index >= 15 is 0 Å². The van der Waals surface area contributed by atoms with E-state index in [0.717, 1.165) is 33.4 Å². The van der Waals surface area contributed by atoms with Crippen LogP contribution in [-0.4, -0.2) is 29.9 Å². The van der Waals surface area contributed by atoms with Gasteiger partial charge in [-0.3, -0.25) is 29.9 Å². The van der Waals surface area contributed by atoms with Gasteiger partial charge in [0.05, 0.1) is 0 Å². The minimum Gasteiger partial charge on any atom is -0.264 e. The molecule has 36 rings (SSSR count). The van der Waals surface area contributed by atoms with Crippen LogP contribution in [0.15, 0.2) is 475 Å². The summed E-state index contributed by atoms with van der Waals surface area (Å²) in [6.07, 6.45) is 23.2. The standard InChI is InChI=1S/3C48H26N2/c1-7-27-9-3-15-37-43(27)33(13-1)41-23-39-31-17-20-36-40(32(31)18-19-35(39)45(47(37)41)29-11-5-21-49-25-29)24-42-34-14-2-8-28-10-4-16-38(44(28)34)48(42)46(36)30-12-6-22-50-26-30;1-7-27-8-2-14-33-41-23-43-37(29-11-5-19-49-25-29)21-38-31(39(43)22-40(41)32(13-1)45(27)33)17-18-35-42(38)24-44-34-15-3-9-28-10-4-16-36(46(28)34)48(44)47(35)30-12-6-20-50-26-30;1-7-27-9-3-15-33-39-23-45-41(21-37(39)31(13-1)47(27)33)35(29-11-5-17-49-25-29)19-44-43(45)20-36(30-12-6-18-50-26-30)42-22-38-32-14-2-8-28-10-4-16-34(48(28)32)40(38)24-46(42)44/h3*1-26H. The molecular formula is C144H78N6. The van der Waals surface area contributed by atoms with E-state index in [0.29, 0.717) is 0 Å². The van der Waals surface area contributed by atoms with Crippen LogP contribution in [0.25, 0.3) is 362 Å². The first-order chi connectivity index (χ1) is 74.4. The Balaban J connectivity index is 0.0000000957. The lowest BCUT2D eigenvalue weighted by Crippen LogP contribution is -1.92. The topological polar surface area (TPSA) is 77.3 Å². The lowest BCUT2D eigenvalue weighted by molar-refractivity contribution is 1.33. The number of benzene rings is 24. The Bertz CT molecular complexity index is 10800. The van der Waals surface area contributed by atoms with Crippen LogP contribution in [-0.2, 0) is 0 Å². The van der Waals surface area contributed by atoms with Crippen molar-refractivity contribution in [2.75, 3.05) is 0 Å². The van der Waals surface area contributed by atoms with Crippen LogP contribution in [0.4, 0.5) is 0 Å². The lowest BCUT2D eigenvalue weighted by atomic mass is 9.84. The average Bonchev–Trinajstić information content (AvgIpc) is 1.48. The maximum absolute atomic E-state index is 4.61. The highest BCUT2D eigenvalue weighted by Gasteiger charge is 2.36. The Morgan fingerprint density at radius 2 is 0.267 bits per heavy atom. The second-order valence-corrected chi connectivity index (χ2v) is 41.1. The third-order valence-electron chi connectivity index (χ3n) is 33.8. The van der Waals surface area contributed by atoms with Crippen LogP contribution in [0.5, 0.6) is 0 Å². The van der Waals surface area contributed by atoms with E-state index in [1.165, 1.54) is 328 Å². The molecule has 0 unspecified atom stereocenters. The van der Waals surface area contributed by atoms with Gasteiger partial charge in [0.15, 0.2) is 0 Å². The number of aromatic nitrogens is 6. The molecule has 6 nitrogen and oxygen atoms in total. The van der Waals surface area contributed by atoms with Crippen LogP contribution in [0.3, 0.4) is 0 Å². The molecule has 6 heterocycles. The highest BCUT2D eigenvalue weighted by Crippen LogP contribution is 2.63. The zero-order chi connectivity index (χ0) is 97.5. The first kappa shape index (κ1) is 81.5. The third-order valence-corrected chi connectivity index (χ3v) is 33.8. The van der Waals surface area contributed by atoms with E-state index in [9.17, 15) is 0 Å². The Hall–Kier alpha value is -19.9. The van der Waals surface area contributed by atoms with Crippen molar-refractivity contribution in [2.45, 2.75) is 0 Å². The van der Waals surface area contributed by atoms with Crippen molar-refractivity contribution in [3.63, 3.8) is 0 Å². The van der Waals surface area contributed by atoms with E-state index in [4.69, 9.17) is 0 Å². The van der Waals surface area contributed by atoms with E-state index in [2.05, 4.69) is 412 Å². The molecule has 0 amide bonds. The van der Waals surface area contributed by atoms with Gasteiger partial charge < -0.3 is 0 Å². The molecule has 0 atom stereocenters. The molecule has 150 heavy (non-hydrogen) atoms. The largest absolute Gasteiger partial charge is 0.264 e. The highest BCUT2D eigenvalue weighted by atomic mass is 14.6. The van der Waals surface area contributed by atoms with E-state index < -0.39 is 0 Å². The fraction of sp³-hybridized carbons (Fsp3) is 0. The molecule has 0 radical (unpaired) electrons. The number of rotatable bonds is 6. The van der Waals surface area contributed by atoms with Crippen molar-refractivity contribution in [2.24, 2.45) is 0 Å². The zero-order valence-corrected chi connectivity index (χ0v) is 80.7. The van der Waals surface area contributed by atoms with Crippen molar-refractivity contribution in [3.05, 3.63) is 475 Å². The predicted octanol–water partition coefficient (Wildman–Crippen LogP) is 38.6. The molecule has 30 aromatic rings. The van der Waals surface area contributed by atoms with Crippen LogP contribution in [0, 0.1) is 0 Å². The van der Waals surface area contributed by atoms with E-state index in [1.807, 2.05) is 92.6 Å². The van der Waals surface area contributed by atoms with Crippen molar-refractivity contribution >= 4 is 162 Å². The summed E-state index contributed by atoms with van der Waals surface area (Å²) >= 11 is 0. The number of hydrogen-bond donors (Lipinski definition) is 0. The monoisotopic (exact) mass is 1890 g/mol. The fourth-order valence-electron chi connectivity index (χ4n) is 27.7. The molecule has 6 aliphatic rings. The van der Waals surface area contributed by atoms with Crippen molar-refractivity contribution in [3.8, 4) is 200 Å². The Kier molecular flexibility index (Phi) is 16.7. The molecule has 6 aliphatic carbocycles. The summed E-state index contributed by atoms with van der Waals surface area (Å²) in [5.74, 6) is 0. The van der Waals surface area contributed by atoms with Gasteiger partial charge in [-0.15, -0.1) is 0 Å². The van der Waals surface area contributed by atoms with Gasteiger partial charge in [0, 0.05) is 108 Å². The molecule has 0 spiro atoms. The van der Waals surface area contributed by atoms with Crippen LogP contribution >= 0.6 is 0 Å². The maximum Gasteiger partial charge on any atom is 0.0346 e. The van der Waals surface area contributed by atoms with Gasteiger partial charge >= 0.3 is 0 Å². The number of fused-ring (bicyclic) bond motifs is 33. The summed E-state index contributed by atoms with van der Waals surface area (Å²) < 4.78 is 0. The van der Waals surface area contributed by atoms with Crippen molar-refractivity contribution in [1.29, 1.82) is 0 Å². The molecule has 0 saturated carbocycles. The molecule has 6 aromatic heterocycles. The number of hydrogen-bond acceptors (Lipinski definition) is 6. The maximum atomic E-state index is 4.61. The molecule has 6 heteroatoms. The normalized spacial score (nSPS) is 12.4. The molecule has 0 fully saturated rings. The Labute approximate surface area is 860 Å². The average molecular weight is 1890 g/mol. The Morgan fingerprint density at radius 1 is 0.100 bits per heavy atom. The van der Waals surface area contributed by atoms with Crippen molar-refractivity contribution < 1.29 is 0 Å². The van der Waals surface area contributed by atoms with Crippen LogP contribution in [0.2, 0.25) is 0 Å². The number of nitrogens with zero attached hydrogens (tertiary/aromatic N) is 6. The molecule has 0 N–H and O–H groups in total. The molecular weight excluding hydrogens is 1810 g/mol. The predicted molar refractivity (Wildman–Crippen MR) is 628 cm³/mol.